The van der Waals surface area contributed by atoms with Crippen molar-refractivity contribution in [2.24, 2.45) is 5.73 Å². The topological polar surface area (TPSA) is 119 Å². The van der Waals surface area contributed by atoms with Crippen LogP contribution in [0.15, 0.2) is 24.3 Å². The maximum absolute atomic E-state index is 12.7. The van der Waals surface area contributed by atoms with Crippen molar-refractivity contribution in [3.05, 3.63) is 24.3 Å². The van der Waals surface area contributed by atoms with Gasteiger partial charge in [-0.2, -0.15) is 0 Å². The van der Waals surface area contributed by atoms with E-state index in [1.165, 1.54) is 89.9 Å². The molecule has 0 aliphatic heterocycles. The average molecular weight is 691 g/mol. The van der Waals surface area contributed by atoms with Gasteiger partial charge in [-0.3, -0.25) is 9.59 Å². The first-order valence-electron chi connectivity index (χ1n) is 20.7. The zero-order chi connectivity index (χ0) is 36.0. The van der Waals surface area contributed by atoms with Gasteiger partial charge in [0.1, 0.15) is 12.1 Å². The lowest BCUT2D eigenvalue weighted by Gasteiger charge is -2.18. The molecule has 0 saturated heterocycles. The van der Waals surface area contributed by atoms with Gasteiger partial charge in [-0.1, -0.05) is 141 Å². The Labute approximate surface area is 302 Å². The number of carboxylic acids is 1. The fourth-order valence-electron chi connectivity index (χ4n) is 6.14. The van der Waals surface area contributed by atoms with E-state index < -0.39 is 12.0 Å². The van der Waals surface area contributed by atoms with Crippen molar-refractivity contribution < 1.29 is 24.2 Å². The number of carboxylic acid groups (broad SMARTS) is 1. The van der Waals surface area contributed by atoms with Crippen LogP contribution in [0.25, 0.3) is 0 Å². The summed E-state index contributed by atoms with van der Waals surface area (Å²) in [5, 5.41) is 11.9. The van der Waals surface area contributed by atoms with E-state index in [0.29, 0.717) is 32.2 Å². The van der Waals surface area contributed by atoms with Gasteiger partial charge >= 0.3 is 11.9 Å². The predicted octanol–water partition coefficient (Wildman–Crippen LogP) is 11.3. The first-order valence-corrected chi connectivity index (χ1v) is 20.7. The van der Waals surface area contributed by atoms with E-state index in [1.54, 1.807) is 0 Å². The number of allylic oxidation sites excluding steroid dienone is 4. The van der Waals surface area contributed by atoms with Gasteiger partial charge in [-0.25, -0.2) is 4.79 Å². The van der Waals surface area contributed by atoms with Crippen molar-refractivity contribution in [1.82, 2.24) is 5.32 Å². The Kier molecular flexibility index (Phi) is 35.5. The van der Waals surface area contributed by atoms with Crippen LogP contribution in [0.2, 0.25) is 0 Å². The minimum absolute atomic E-state index is 0.0115. The van der Waals surface area contributed by atoms with Gasteiger partial charge < -0.3 is 20.9 Å². The standard InChI is InChI=1S/C42H78N2O5/c1-3-5-7-9-11-13-15-16-17-19-21-26-30-36-41(46)49-38(32-27-23-20-18-14-12-10-8-6-4-2)33-28-24-22-25-29-35-40(45)44-39(42(47)48)34-31-37-43/h7,9,13,15,38-39H,3-6,8,10-12,14,16-37,43H2,1-2H3,(H,44,45)(H,47,48)/b9-7-,15-13-. The van der Waals surface area contributed by atoms with Crippen LogP contribution >= 0.6 is 0 Å². The molecule has 0 aromatic heterocycles. The van der Waals surface area contributed by atoms with E-state index in [2.05, 4.69) is 43.5 Å². The summed E-state index contributed by atoms with van der Waals surface area (Å²) in [6, 6.07) is -0.855. The van der Waals surface area contributed by atoms with E-state index in [0.717, 1.165) is 77.0 Å². The Balaban J connectivity index is 4.31. The summed E-state index contributed by atoms with van der Waals surface area (Å²) in [7, 11) is 0. The highest BCUT2D eigenvalue weighted by Gasteiger charge is 2.19. The van der Waals surface area contributed by atoms with Gasteiger partial charge in [0.15, 0.2) is 0 Å². The minimum atomic E-state index is -1.00. The van der Waals surface area contributed by atoms with E-state index in [-0.39, 0.29) is 18.0 Å². The molecule has 0 bridgehead atoms. The molecule has 286 valence electrons. The van der Waals surface area contributed by atoms with Crippen molar-refractivity contribution in [3.63, 3.8) is 0 Å². The van der Waals surface area contributed by atoms with Crippen LogP contribution in [0.5, 0.6) is 0 Å². The molecular formula is C42H78N2O5. The van der Waals surface area contributed by atoms with Crippen LogP contribution in [0.4, 0.5) is 0 Å². The van der Waals surface area contributed by atoms with Crippen molar-refractivity contribution in [3.8, 4) is 0 Å². The molecule has 2 unspecified atom stereocenters. The molecule has 0 spiro atoms. The number of unbranched alkanes of at least 4 members (excludes halogenated alkanes) is 19. The molecule has 0 heterocycles. The molecule has 0 aliphatic carbocycles. The molecule has 0 rings (SSSR count). The van der Waals surface area contributed by atoms with Crippen LogP contribution in [0, 0.1) is 0 Å². The Morgan fingerprint density at radius 2 is 1.10 bits per heavy atom. The van der Waals surface area contributed by atoms with Gasteiger partial charge in [0, 0.05) is 12.8 Å². The number of ether oxygens (including phenoxy) is 1. The molecule has 0 fully saturated rings. The number of aliphatic carboxylic acids is 1. The smallest absolute Gasteiger partial charge is 0.326 e. The summed E-state index contributed by atoms with van der Waals surface area (Å²) in [5.41, 5.74) is 5.48. The highest BCUT2D eigenvalue weighted by Crippen LogP contribution is 2.19. The quantitative estimate of drug-likeness (QED) is 0.0339. The van der Waals surface area contributed by atoms with Gasteiger partial charge in [0.25, 0.3) is 0 Å². The molecular weight excluding hydrogens is 612 g/mol. The lowest BCUT2D eigenvalue weighted by Crippen LogP contribution is -2.40. The molecule has 0 aromatic carbocycles. The van der Waals surface area contributed by atoms with Crippen molar-refractivity contribution in [2.45, 2.75) is 219 Å². The first-order chi connectivity index (χ1) is 23.9. The molecule has 7 nitrogen and oxygen atoms in total. The van der Waals surface area contributed by atoms with Crippen LogP contribution in [-0.4, -0.2) is 41.6 Å². The molecule has 2 atom stereocenters. The lowest BCUT2D eigenvalue weighted by molar-refractivity contribution is -0.150. The van der Waals surface area contributed by atoms with Crippen LogP contribution in [-0.2, 0) is 19.1 Å². The molecule has 0 aliphatic rings. The summed E-state index contributed by atoms with van der Waals surface area (Å²) in [6.07, 6.45) is 40.7. The number of hydrogen-bond donors (Lipinski definition) is 3. The van der Waals surface area contributed by atoms with E-state index in [9.17, 15) is 19.5 Å². The number of esters is 1. The Hall–Kier alpha value is -2.15. The second-order valence-electron chi connectivity index (χ2n) is 14.1. The lowest BCUT2D eigenvalue weighted by atomic mass is 10.0. The number of hydrogen-bond acceptors (Lipinski definition) is 5. The van der Waals surface area contributed by atoms with E-state index in [1.807, 2.05) is 0 Å². The molecule has 0 radical (unpaired) electrons. The molecule has 0 aromatic rings. The summed E-state index contributed by atoms with van der Waals surface area (Å²) >= 11 is 0. The third-order valence-corrected chi connectivity index (χ3v) is 9.25. The SMILES string of the molecule is CCC/C=C\C/C=C\CCCCCCCC(=O)OC(CCCCCCCCCCCC)CCCCCCCC(=O)NC(CCCN)C(=O)O. The first kappa shape index (κ1) is 46.9. The van der Waals surface area contributed by atoms with E-state index in [4.69, 9.17) is 10.5 Å². The number of amides is 1. The molecule has 0 saturated carbocycles. The van der Waals surface area contributed by atoms with Crippen LogP contribution < -0.4 is 11.1 Å². The summed E-state index contributed by atoms with van der Waals surface area (Å²) < 4.78 is 6.02. The highest BCUT2D eigenvalue weighted by atomic mass is 16.5. The fraction of sp³-hybridized carbons (Fsp3) is 0.833. The third kappa shape index (κ3) is 34.1. The van der Waals surface area contributed by atoms with Gasteiger partial charge in [0.2, 0.25) is 5.91 Å². The Morgan fingerprint density at radius 1 is 0.592 bits per heavy atom. The van der Waals surface area contributed by atoms with Crippen LogP contribution in [0.1, 0.15) is 206 Å². The largest absolute Gasteiger partial charge is 0.480 e. The molecule has 1 amide bonds. The fourth-order valence-corrected chi connectivity index (χ4v) is 6.14. The number of nitrogens with two attached hydrogens (primary N) is 1. The summed E-state index contributed by atoms with van der Waals surface area (Å²) in [5.74, 6) is -1.24. The van der Waals surface area contributed by atoms with Crippen molar-refractivity contribution in [1.29, 1.82) is 0 Å². The maximum Gasteiger partial charge on any atom is 0.326 e. The molecule has 4 N–H and O–H groups in total. The second-order valence-corrected chi connectivity index (χ2v) is 14.1. The number of carbonyl (C=O) groups is 3. The van der Waals surface area contributed by atoms with Crippen molar-refractivity contribution >= 4 is 17.8 Å². The molecule has 49 heavy (non-hydrogen) atoms. The zero-order valence-corrected chi connectivity index (χ0v) is 32.0. The predicted molar refractivity (Wildman–Crippen MR) is 207 cm³/mol. The van der Waals surface area contributed by atoms with Crippen LogP contribution in [0.3, 0.4) is 0 Å². The monoisotopic (exact) mass is 691 g/mol. The number of carbonyl (C=O) groups excluding carboxylic acids is 2. The minimum Gasteiger partial charge on any atom is -0.480 e. The summed E-state index contributed by atoms with van der Waals surface area (Å²) in [4.78, 5) is 36.3. The van der Waals surface area contributed by atoms with Gasteiger partial charge in [-0.15, -0.1) is 0 Å². The third-order valence-electron chi connectivity index (χ3n) is 9.25. The highest BCUT2D eigenvalue weighted by molar-refractivity contribution is 5.83. The number of nitrogens with one attached hydrogen (secondary N) is 1. The van der Waals surface area contributed by atoms with Gasteiger partial charge in [0.05, 0.1) is 0 Å². The molecule has 7 heteroatoms. The number of rotatable bonds is 37. The van der Waals surface area contributed by atoms with E-state index >= 15 is 0 Å². The zero-order valence-electron chi connectivity index (χ0n) is 32.0. The summed E-state index contributed by atoms with van der Waals surface area (Å²) in [6.45, 7) is 4.88. The Bertz CT molecular complexity index is 828. The van der Waals surface area contributed by atoms with Crippen molar-refractivity contribution in [2.75, 3.05) is 6.54 Å². The maximum atomic E-state index is 12.7. The average Bonchev–Trinajstić information content (AvgIpc) is 3.08. The van der Waals surface area contributed by atoms with Gasteiger partial charge in [-0.05, 0) is 83.6 Å². The second kappa shape index (κ2) is 37.1. The normalized spacial score (nSPS) is 12.9. The Morgan fingerprint density at radius 3 is 1.65 bits per heavy atom.